The monoisotopic (exact) mass is 482 g/mol. The van der Waals surface area contributed by atoms with Gasteiger partial charge in [-0.25, -0.2) is 9.18 Å². The molecule has 2 aromatic carbocycles. The number of carboxylic acid groups (broad SMARTS) is 1. The Kier molecular flexibility index (Phi) is 7.75. The van der Waals surface area contributed by atoms with Crippen LogP contribution in [0.4, 0.5) is 4.39 Å². The number of carbonyl (C=O) groups excluding carboxylic acids is 1. The molecule has 0 radical (unpaired) electrons. The van der Waals surface area contributed by atoms with Crippen LogP contribution in [-0.4, -0.2) is 71.3 Å². The van der Waals surface area contributed by atoms with E-state index >= 15 is 0 Å². The van der Waals surface area contributed by atoms with Crippen LogP contribution in [0.25, 0.3) is 11.1 Å². The van der Waals surface area contributed by atoms with E-state index in [1.54, 1.807) is 26.0 Å². The maximum absolute atomic E-state index is 13.9. The zero-order valence-electron chi connectivity index (χ0n) is 20.6. The average Bonchev–Trinajstić information content (AvgIpc) is 3.33. The van der Waals surface area contributed by atoms with Gasteiger partial charge in [0.15, 0.2) is 0 Å². The summed E-state index contributed by atoms with van der Waals surface area (Å²) in [5.41, 5.74) is 1.34. The lowest BCUT2D eigenvalue weighted by molar-refractivity contribution is -0.141. The lowest BCUT2D eigenvalue weighted by Gasteiger charge is -2.34. The molecule has 2 aliphatic heterocycles. The molecule has 1 unspecified atom stereocenters. The van der Waals surface area contributed by atoms with Crippen molar-refractivity contribution in [2.24, 2.45) is 5.92 Å². The third kappa shape index (κ3) is 6.60. The molecular weight excluding hydrogens is 447 g/mol. The van der Waals surface area contributed by atoms with Crippen LogP contribution in [0, 0.1) is 5.92 Å². The number of ether oxygens (including phenoxy) is 1. The Hall–Kier alpha value is -2.93. The van der Waals surface area contributed by atoms with Gasteiger partial charge >= 0.3 is 5.97 Å². The van der Waals surface area contributed by atoms with Gasteiger partial charge in [0.1, 0.15) is 17.5 Å². The Morgan fingerprint density at radius 3 is 2.14 bits per heavy atom. The van der Waals surface area contributed by atoms with Crippen molar-refractivity contribution >= 4 is 11.9 Å². The van der Waals surface area contributed by atoms with E-state index in [4.69, 9.17) is 4.74 Å². The Bertz CT molecular complexity index is 1010. The van der Waals surface area contributed by atoms with Crippen LogP contribution in [0.5, 0.6) is 5.75 Å². The predicted molar refractivity (Wildman–Crippen MR) is 133 cm³/mol. The van der Waals surface area contributed by atoms with Crippen molar-refractivity contribution in [2.75, 3.05) is 32.8 Å². The van der Waals surface area contributed by atoms with E-state index in [-0.39, 0.29) is 5.91 Å². The summed E-state index contributed by atoms with van der Waals surface area (Å²) in [6.07, 6.45) is 3.25. The zero-order chi connectivity index (χ0) is 25.0. The first kappa shape index (κ1) is 25.2. The van der Waals surface area contributed by atoms with Gasteiger partial charge in [0.05, 0.1) is 6.61 Å². The van der Waals surface area contributed by atoms with E-state index in [1.807, 2.05) is 36.4 Å². The number of aliphatic carboxylic acids is 1. The molecule has 35 heavy (non-hydrogen) atoms. The van der Waals surface area contributed by atoms with E-state index in [1.165, 1.54) is 4.90 Å². The third-order valence-corrected chi connectivity index (χ3v) is 6.91. The highest BCUT2D eigenvalue weighted by atomic mass is 19.1. The summed E-state index contributed by atoms with van der Waals surface area (Å²) >= 11 is 0. The molecular formula is C28H35FN2O4. The van der Waals surface area contributed by atoms with Gasteiger partial charge in [-0.1, -0.05) is 24.3 Å². The van der Waals surface area contributed by atoms with E-state index in [9.17, 15) is 19.1 Å². The number of carbonyl (C=O) groups is 2. The number of alkyl halides is 1. The molecule has 0 aromatic heterocycles. The Balaban J connectivity index is 1.28. The van der Waals surface area contributed by atoms with Gasteiger partial charge in [0.25, 0.3) is 5.91 Å². The molecule has 1 amide bonds. The van der Waals surface area contributed by atoms with Gasteiger partial charge in [-0.2, -0.15) is 0 Å². The van der Waals surface area contributed by atoms with Crippen molar-refractivity contribution in [1.29, 1.82) is 0 Å². The van der Waals surface area contributed by atoms with E-state index < -0.39 is 17.7 Å². The fraction of sp³-hybridized carbons (Fsp3) is 0.500. The molecule has 2 fully saturated rings. The molecule has 0 spiro atoms. The van der Waals surface area contributed by atoms with E-state index in [0.717, 1.165) is 42.8 Å². The summed E-state index contributed by atoms with van der Waals surface area (Å²) in [7, 11) is 0. The second-order valence-corrected chi connectivity index (χ2v) is 10.3. The van der Waals surface area contributed by atoms with Crippen molar-refractivity contribution in [3.63, 3.8) is 0 Å². The molecule has 2 heterocycles. The minimum atomic E-state index is -1.15. The highest BCUT2D eigenvalue weighted by Gasteiger charge is 2.34. The van der Waals surface area contributed by atoms with Gasteiger partial charge in [0, 0.05) is 18.7 Å². The van der Waals surface area contributed by atoms with Crippen molar-refractivity contribution < 1.29 is 23.8 Å². The van der Waals surface area contributed by atoms with Crippen molar-refractivity contribution in [3.8, 4) is 16.9 Å². The largest absolute Gasteiger partial charge is 0.493 e. The highest BCUT2D eigenvalue weighted by Crippen LogP contribution is 2.26. The van der Waals surface area contributed by atoms with Crippen molar-refractivity contribution in [1.82, 2.24) is 9.80 Å². The average molecular weight is 483 g/mol. The van der Waals surface area contributed by atoms with Crippen molar-refractivity contribution in [3.05, 3.63) is 54.1 Å². The molecule has 0 bridgehead atoms. The summed E-state index contributed by atoms with van der Waals surface area (Å²) < 4.78 is 19.9. The van der Waals surface area contributed by atoms with Gasteiger partial charge in [-0.05, 0) is 93.9 Å². The summed E-state index contributed by atoms with van der Waals surface area (Å²) in [5, 5.41) is 9.34. The molecule has 1 atom stereocenters. The predicted octanol–water partition coefficient (Wildman–Crippen LogP) is 4.88. The van der Waals surface area contributed by atoms with Crippen LogP contribution in [-0.2, 0) is 4.79 Å². The second kappa shape index (κ2) is 10.8. The number of hydrogen-bond acceptors (Lipinski definition) is 4. The summed E-state index contributed by atoms with van der Waals surface area (Å²) in [6.45, 7) is 6.71. The quantitative estimate of drug-likeness (QED) is 0.581. The first-order valence-corrected chi connectivity index (χ1v) is 12.5. The molecule has 4 rings (SSSR count). The zero-order valence-corrected chi connectivity index (χ0v) is 20.6. The number of halogens is 1. The van der Waals surface area contributed by atoms with Gasteiger partial charge < -0.3 is 19.6 Å². The van der Waals surface area contributed by atoms with E-state index in [2.05, 4.69) is 4.90 Å². The molecule has 2 aromatic rings. The summed E-state index contributed by atoms with van der Waals surface area (Å²) in [6, 6.07) is 14.5. The molecule has 0 saturated carbocycles. The van der Waals surface area contributed by atoms with E-state index in [0.29, 0.717) is 44.0 Å². The SMILES string of the molecule is CC(C)(F)CN1CCC(COc2ccc(-c3ccc(C(=O)N4CCCC4C(=O)O)cc3)cc2)CC1. The normalized spacial score (nSPS) is 19.6. The molecule has 7 heteroatoms. The Labute approximate surface area is 206 Å². The maximum atomic E-state index is 13.9. The minimum absolute atomic E-state index is 0.232. The number of carboxylic acids is 1. The fourth-order valence-electron chi connectivity index (χ4n) is 5.04. The fourth-order valence-corrected chi connectivity index (χ4v) is 5.04. The standard InChI is InChI=1S/C28H35FN2O4/c1-28(2,29)19-30-16-13-20(14-17-30)18-35-24-11-9-22(10-12-24)21-5-7-23(8-6-21)26(32)31-15-3-4-25(31)27(33)34/h5-12,20,25H,3-4,13-19H2,1-2H3,(H,33,34). The van der Waals surface area contributed by atoms with Gasteiger partial charge in [0.2, 0.25) is 0 Å². The molecule has 0 aliphatic carbocycles. The van der Waals surface area contributed by atoms with Gasteiger partial charge in [-0.15, -0.1) is 0 Å². The Morgan fingerprint density at radius 2 is 1.57 bits per heavy atom. The lowest BCUT2D eigenvalue weighted by atomic mass is 9.97. The van der Waals surface area contributed by atoms with Crippen LogP contribution in [0.1, 0.15) is 49.9 Å². The molecule has 188 valence electrons. The number of benzene rings is 2. The lowest BCUT2D eigenvalue weighted by Crippen LogP contribution is -2.41. The van der Waals surface area contributed by atoms with Crippen LogP contribution < -0.4 is 4.74 Å². The number of amides is 1. The number of piperidine rings is 1. The smallest absolute Gasteiger partial charge is 0.326 e. The second-order valence-electron chi connectivity index (χ2n) is 10.3. The molecule has 2 aliphatic rings. The van der Waals surface area contributed by atoms with Crippen LogP contribution in [0.3, 0.4) is 0 Å². The van der Waals surface area contributed by atoms with Crippen molar-refractivity contribution in [2.45, 2.75) is 51.2 Å². The molecule has 6 nitrogen and oxygen atoms in total. The number of nitrogens with zero attached hydrogens (tertiary/aromatic N) is 2. The topological polar surface area (TPSA) is 70.1 Å². The minimum Gasteiger partial charge on any atom is -0.493 e. The first-order valence-electron chi connectivity index (χ1n) is 12.5. The molecule has 2 saturated heterocycles. The van der Waals surface area contributed by atoms with Crippen LogP contribution in [0.15, 0.2) is 48.5 Å². The van der Waals surface area contributed by atoms with Crippen LogP contribution in [0.2, 0.25) is 0 Å². The number of likely N-dealkylation sites (tertiary alicyclic amines) is 2. The first-order chi connectivity index (χ1) is 16.7. The maximum Gasteiger partial charge on any atom is 0.326 e. The Morgan fingerprint density at radius 1 is 0.971 bits per heavy atom. The number of hydrogen-bond donors (Lipinski definition) is 1. The summed E-state index contributed by atoms with van der Waals surface area (Å²) in [4.78, 5) is 27.8. The summed E-state index contributed by atoms with van der Waals surface area (Å²) in [5.74, 6) is 0.127. The third-order valence-electron chi connectivity index (χ3n) is 6.91. The highest BCUT2D eigenvalue weighted by molar-refractivity contribution is 5.97. The number of rotatable bonds is 8. The van der Waals surface area contributed by atoms with Crippen LogP contribution >= 0.6 is 0 Å². The molecule has 1 N–H and O–H groups in total. The van der Waals surface area contributed by atoms with Gasteiger partial charge in [-0.3, -0.25) is 4.79 Å².